The average Bonchev–Trinajstić information content (AvgIpc) is 2.36. The van der Waals surface area contributed by atoms with E-state index in [0.29, 0.717) is 27.8 Å². The molecule has 1 aromatic carbocycles. The van der Waals surface area contributed by atoms with Crippen molar-refractivity contribution in [2.45, 2.75) is 0 Å². The van der Waals surface area contributed by atoms with E-state index in [9.17, 15) is 0 Å². The number of nitrogen functional groups attached to an aromatic ring is 2. The Kier molecular flexibility index (Phi) is 3.22. The number of nitrogens with two attached hydrogens (primary N) is 2. The number of nitrogens with zero attached hydrogens (tertiary/aromatic N) is 2. The second kappa shape index (κ2) is 4.82. The van der Waals surface area contributed by atoms with Crippen LogP contribution in [0.5, 0.6) is 0 Å². The normalized spacial score (nSPS) is 9.78. The highest BCUT2D eigenvalue weighted by Gasteiger charge is 2.04. The van der Waals surface area contributed by atoms with Crippen molar-refractivity contribution >= 4 is 34.6 Å². The molecular weight excluding hydrogens is 250 g/mol. The summed E-state index contributed by atoms with van der Waals surface area (Å²) in [6.07, 6.45) is 0. The summed E-state index contributed by atoms with van der Waals surface area (Å²) in [5.74, 6) is 0.790. The molecule has 2 rings (SSSR count). The van der Waals surface area contributed by atoms with Crippen LogP contribution in [0, 0.1) is 11.3 Å². The highest BCUT2D eigenvalue weighted by Crippen LogP contribution is 2.26. The molecule has 0 atom stereocenters. The van der Waals surface area contributed by atoms with Crippen LogP contribution in [0.3, 0.4) is 0 Å². The maximum absolute atomic E-state index is 8.74. The molecule has 0 amide bonds. The van der Waals surface area contributed by atoms with Crippen molar-refractivity contribution in [2.24, 2.45) is 0 Å². The van der Waals surface area contributed by atoms with Gasteiger partial charge in [-0.2, -0.15) is 5.26 Å². The van der Waals surface area contributed by atoms with Crippen LogP contribution in [-0.2, 0) is 0 Å². The minimum Gasteiger partial charge on any atom is -0.396 e. The van der Waals surface area contributed by atoms with Gasteiger partial charge in [-0.15, -0.1) is 0 Å². The molecule has 5 N–H and O–H groups in total. The summed E-state index contributed by atoms with van der Waals surface area (Å²) in [6.45, 7) is 0. The number of aromatic nitrogens is 1. The van der Waals surface area contributed by atoms with Crippen molar-refractivity contribution in [1.82, 2.24) is 4.98 Å². The molecule has 1 heterocycles. The number of halogens is 1. The van der Waals surface area contributed by atoms with Gasteiger partial charge in [-0.3, -0.25) is 0 Å². The molecule has 0 saturated carbocycles. The zero-order valence-electron chi connectivity index (χ0n) is 9.31. The Morgan fingerprint density at radius 3 is 2.61 bits per heavy atom. The molecule has 0 aliphatic carbocycles. The first-order chi connectivity index (χ1) is 8.60. The minimum atomic E-state index is 0.254. The molecule has 0 radical (unpaired) electrons. The zero-order chi connectivity index (χ0) is 13.1. The highest BCUT2D eigenvalue weighted by molar-refractivity contribution is 6.33. The first-order valence-corrected chi connectivity index (χ1v) is 5.46. The van der Waals surface area contributed by atoms with Crippen LogP contribution in [0.1, 0.15) is 5.56 Å². The maximum Gasteiger partial charge on any atom is 0.149 e. The SMILES string of the molecule is N#Cc1ccc(Nc2ccc(N)c(N)n2)c(Cl)c1. The minimum absolute atomic E-state index is 0.254. The van der Waals surface area contributed by atoms with Crippen molar-refractivity contribution < 1.29 is 0 Å². The lowest BCUT2D eigenvalue weighted by Gasteiger charge is -2.09. The largest absolute Gasteiger partial charge is 0.396 e. The third-order valence-electron chi connectivity index (χ3n) is 2.32. The van der Waals surface area contributed by atoms with Crippen LogP contribution in [-0.4, -0.2) is 4.98 Å². The molecular formula is C12H10ClN5. The molecule has 2 aromatic rings. The van der Waals surface area contributed by atoms with Crippen LogP contribution in [0.4, 0.5) is 23.0 Å². The third-order valence-corrected chi connectivity index (χ3v) is 2.63. The molecule has 90 valence electrons. The van der Waals surface area contributed by atoms with Gasteiger partial charge < -0.3 is 16.8 Å². The number of hydrogen-bond acceptors (Lipinski definition) is 5. The molecule has 0 aliphatic rings. The second-order valence-electron chi connectivity index (χ2n) is 3.60. The Morgan fingerprint density at radius 2 is 2.00 bits per heavy atom. The van der Waals surface area contributed by atoms with Crippen molar-refractivity contribution in [3.05, 3.63) is 40.9 Å². The van der Waals surface area contributed by atoms with Crippen molar-refractivity contribution in [2.75, 3.05) is 16.8 Å². The second-order valence-corrected chi connectivity index (χ2v) is 4.01. The summed E-state index contributed by atoms with van der Waals surface area (Å²) < 4.78 is 0. The number of nitrogens with one attached hydrogen (secondary N) is 1. The summed E-state index contributed by atoms with van der Waals surface area (Å²) in [7, 11) is 0. The predicted molar refractivity (Wildman–Crippen MR) is 72.5 cm³/mol. The van der Waals surface area contributed by atoms with Crippen LogP contribution in [0.25, 0.3) is 0 Å². The first kappa shape index (κ1) is 12.0. The number of benzene rings is 1. The van der Waals surface area contributed by atoms with Gasteiger partial charge in [-0.1, -0.05) is 11.6 Å². The van der Waals surface area contributed by atoms with E-state index in [0.717, 1.165) is 0 Å². The molecule has 1 aromatic heterocycles. The Labute approximate surface area is 109 Å². The van der Waals surface area contributed by atoms with E-state index in [1.807, 2.05) is 6.07 Å². The van der Waals surface area contributed by atoms with Crippen LogP contribution < -0.4 is 16.8 Å². The van der Waals surface area contributed by atoms with E-state index in [4.69, 9.17) is 28.3 Å². The van der Waals surface area contributed by atoms with Gasteiger partial charge in [0.1, 0.15) is 11.6 Å². The summed E-state index contributed by atoms with van der Waals surface area (Å²) in [5.41, 5.74) is 12.7. The van der Waals surface area contributed by atoms with Gasteiger partial charge in [0.2, 0.25) is 0 Å². The zero-order valence-corrected chi connectivity index (χ0v) is 10.1. The number of pyridine rings is 1. The molecule has 0 unspecified atom stereocenters. The van der Waals surface area contributed by atoms with Gasteiger partial charge in [0, 0.05) is 0 Å². The lowest BCUT2D eigenvalue weighted by Crippen LogP contribution is -2.01. The summed E-state index contributed by atoms with van der Waals surface area (Å²) in [6, 6.07) is 10.3. The first-order valence-electron chi connectivity index (χ1n) is 5.09. The number of anilines is 4. The maximum atomic E-state index is 8.74. The van der Waals surface area contributed by atoms with Gasteiger partial charge >= 0.3 is 0 Å². The van der Waals surface area contributed by atoms with Crippen LogP contribution in [0.15, 0.2) is 30.3 Å². The van der Waals surface area contributed by atoms with Gasteiger partial charge in [-0.05, 0) is 30.3 Å². The summed E-state index contributed by atoms with van der Waals surface area (Å²) in [5, 5.41) is 12.2. The van der Waals surface area contributed by atoms with Gasteiger partial charge in [0.05, 0.1) is 28.0 Å². The van der Waals surface area contributed by atoms with E-state index in [2.05, 4.69) is 10.3 Å². The molecule has 0 aliphatic heterocycles. The summed E-state index contributed by atoms with van der Waals surface area (Å²) >= 11 is 6.03. The predicted octanol–water partition coefficient (Wildman–Crippen LogP) is 2.51. The third kappa shape index (κ3) is 2.44. The Balaban J connectivity index is 2.29. The topological polar surface area (TPSA) is 101 Å². The van der Waals surface area contributed by atoms with E-state index < -0.39 is 0 Å². The molecule has 0 saturated heterocycles. The molecule has 5 nitrogen and oxygen atoms in total. The van der Waals surface area contributed by atoms with Gasteiger partial charge in [-0.25, -0.2) is 4.98 Å². The van der Waals surface area contributed by atoms with E-state index in [1.54, 1.807) is 30.3 Å². The molecule has 0 fully saturated rings. The Bertz CT molecular complexity index is 633. The number of nitriles is 1. The monoisotopic (exact) mass is 259 g/mol. The van der Waals surface area contributed by atoms with Crippen molar-refractivity contribution in [3.63, 3.8) is 0 Å². The molecule has 6 heteroatoms. The lowest BCUT2D eigenvalue weighted by molar-refractivity contribution is 1.32. The number of hydrogen-bond donors (Lipinski definition) is 3. The van der Waals surface area contributed by atoms with Crippen LogP contribution >= 0.6 is 11.6 Å². The van der Waals surface area contributed by atoms with Crippen molar-refractivity contribution in [1.29, 1.82) is 5.26 Å². The average molecular weight is 260 g/mol. The smallest absolute Gasteiger partial charge is 0.149 e. The fraction of sp³-hybridized carbons (Fsp3) is 0. The van der Waals surface area contributed by atoms with Crippen LogP contribution in [0.2, 0.25) is 5.02 Å². The molecule has 0 bridgehead atoms. The summed E-state index contributed by atoms with van der Waals surface area (Å²) in [4.78, 5) is 4.07. The van der Waals surface area contributed by atoms with Gasteiger partial charge in [0.15, 0.2) is 0 Å². The fourth-order valence-electron chi connectivity index (χ4n) is 1.38. The van der Waals surface area contributed by atoms with E-state index in [-0.39, 0.29) is 5.82 Å². The highest BCUT2D eigenvalue weighted by atomic mass is 35.5. The number of rotatable bonds is 2. The van der Waals surface area contributed by atoms with E-state index in [1.165, 1.54) is 0 Å². The van der Waals surface area contributed by atoms with Crippen molar-refractivity contribution in [3.8, 4) is 6.07 Å². The lowest BCUT2D eigenvalue weighted by atomic mass is 10.2. The standard InChI is InChI=1S/C12H10ClN5/c13-8-5-7(6-14)1-3-10(8)17-11-4-2-9(15)12(16)18-11/h1-5H,15H2,(H3,16,17,18). The fourth-order valence-corrected chi connectivity index (χ4v) is 1.61. The van der Waals surface area contributed by atoms with E-state index >= 15 is 0 Å². The quantitative estimate of drug-likeness (QED) is 0.769. The molecule has 18 heavy (non-hydrogen) atoms. The molecule has 0 spiro atoms. The Hall–Kier alpha value is -2.45. The Morgan fingerprint density at radius 1 is 1.22 bits per heavy atom. The van der Waals surface area contributed by atoms with Gasteiger partial charge in [0.25, 0.3) is 0 Å².